The quantitative estimate of drug-likeness (QED) is 0.215. The molecular weight excluding hydrogens is 581 g/mol. The van der Waals surface area contributed by atoms with E-state index < -0.39 is 23.8 Å². The predicted octanol–water partition coefficient (Wildman–Crippen LogP) is 6.38. The zero-order valence-electron chi connectivity index (χ0n) is 22.4. The summed E-state index contributed by atoms with van der Waals surface area (Å²) in [6.07, 6.45) is -1.73. The van der Waals surface area contributed by atoms with Gasteiger partial charge >= 0.3 is 12.1 Å². The van der Waals surface area contributed by atoms with Crippen molar-refractivity contribution in [1.82, 2.24) is 19.7 Å². The molecule has 0 spiro atoms. The number of ether oxygens (including phenoxy) is 3. The van der Waals surface area contributed by atoms with Crippen LogP contribution in [0.1, 0.15) is 57.3 Å². The van der Waals surface area contributed by atoms with Gasteiger partial charge in [0, 0.05) is 39.9 Å². The van der Waals surface area contributed by atoms with Gasteiger partial charge in [-0.2, -0.15) is 13.2 Å². The highest BCUT2D eigenvalue weighted by Gasteiger charge is 2.43. The second-order valence-electron chi connectivity index (χ2n) is 9.49. The fourth-order valence-corrected chi connectivity index (χ4v) is 6.44. The van der Waals surface area contributed by atoms with Crippen LogP contribution in [0.3, 0.4) is 0 Å². The molecule has 1 aliphatic rings. The zero-order chi connectivity index (χ0) is 29.3. The fraction of sp³-hybridized carbons (Fsp3) is 0.357. The Balaban J connectivity index is 1.65. The summed E-state index contributed by atoms with van der Waals surface area (Å²) >= 11 is 7.82. The van der Waals surface area contributed by atoms with Gasteiger partial charge in [0.25, 0.3) is 0 Å². The Labute approximate surface area is 243 Å². The number of aryl methyl sites for hydroxylation is 1. The molecule has 0 fully saturated rings. The van der Waals surface area contributed by atoms with Crippen molar-refractivity contribution in [2.24, 2.45) is 0 Å². The maximum absolute atomic E-state index is 14.3. The molecule has 2 atom stereocenters. The lowest BCUT2D eigenvalue weighted by atomic mass is 9.82. The number of benzene rings is 2. The number of esters is 1. The van der Waals surface area contributed by atoms with E-state index in [1.807, 2.05) is 12.1 Å². The third-order valence-electron chi connectivity index (χ3n) is 7.07. The van der Waals surface area contributed by atoms with Crippen LogP contribution in [0.25, 0.3) is 5.69 Å². The summed E-state index contributed by atoms with van der Waals surface area (Å²) in [6, 6.07) is 10.3. The normalized spacial score (nSPS) is 16.5. The Kier molecular flexibility index (Phi) is 8.23. The molecule has 0 bridgehead atoms. The van der Waals surface area contributed by atoms with Gasteiger partial charge < -0.3 is 14.2 Å². The highest BCUT2D eigenvalue weighted by atomic mass is 35.5. The van der Waals surface area contributed by atoms with E-state index in [0.717, 1.165) is 15.0 Å². The topological polar surface area (TPSA) is 88.4 Å². The minimum absolute atomic E-state index is 0.177. The molecule has 2 aromatic carbocycles. The molecule has 13 heteroatoms. The summed E-state index contributed by atoms with van der Waals surface area (Å²) < 4.78 is 59.8. The monoisotopic (exact) mass is 606 g/mol. The Morgan fingerprint density at radius 1 is 1.12 bits per heavy atom. The van der Waals surface area contributed by atoms with E-state index >= 15 is 0 Å². The summed E-state index contributed by atoms with van der Waals surface area (Å²) in [7, 11) is 4.38. The molecule has 41 heavy (non-hydrogen) atoms. The van der Waals surface area contributed by atoms with E-state index in [2.05, 4.69) is 15.2 Å². The number of rotatable bonds is 8. The Hall–Kier alpha value is -3.64. The minimum Gasteiger partial charge on any atom is -0.493 e. The third-order valence-corrected chi connectivity index (χ3v) is 8.38. The molecule has 0 aliphatic carbocycles. The Morgan fingerprint density at radius 2 is 1.93 bits per heavy atom. The van der Waals surface area contributed by atoms with E-state index in [1.165, 1.54) is 32.7 Å². The van der Waals surface area contributed by atoms with Crippen LogP contribution in [0, 0.1) is 0 Å². The van der Waals surface area contributed by atoms with Gasteiger partial charge in [0.1, 0.15) is 5.82 Å². The summed E-state index contributed by atoms with van der Waals surface area (Å²) in [6.45, 7) is 0. The highest BCUT2D eigenvalue weighted by molar-refractivity contribution is 7.11. The van der Waals surface area contributed by atoms with E-state index in [4.69, 9.17) is 25.8 Å². The van der Waals surface area contributed by atoms with E-state index in [-0.39, 0.29) is 23.9 Å². The highest BCUT2D eigenvalue weighted by Crippen LogP contribution is 2.49. The van der Waals surface area contributed by atoms with Crippen LogP contribution in [-0.2, 0) is 28.5 Å². The lowest BCUT2D eigenvalue weighted by Crippen LogP contribution is -2.16. The van der Waals surface area contributed by atoms with Crippen molar-refractivity contribution < 1.29 is 32.2 Å². The fourth-order valence-electron chi connectivity index (χ4n) is 5.26. The van der Waals surface area contributed by atoms with Crippen LogP contribution in [-0.4, -0.2) is 47.0 Å². The van der Waals surface area contributed by atoms with Gasteiger partial charge in [0.2, 0.25) is 5.82 Å². The molecule has 8 nitrogen and oxygen atoms in total. The molecule has 216 valence electrons. The number of nitrogens with zero attached hydrogens (tertiary/aromatic N) is 4. The van der Waals surface area contributed by atoms with Crippen LogP contribution >= 0.6 is 22.9 Å². The Bertz CT molecular complexity index is 1570. The molecule has 3 heterocycles. The van der Waals surface area contributed by atoms with Crippen molar-refractivity contribution in [3.63, 3.8) is 0 Å². The number of thiazole rings is 1. The molecule has 0 N–H and O–H groups in total. The van der Waals surface area contributed by atoms with Gasteiger partial charge in [-0.3, -0.25) is 9.36 Å². The van der Waals surface area contributed by atoms with Crippen LogP contribution in [0.2, 0.25) is 5.02 Å². The number of para-hydroxylation sites is 1. The van der Waals surface area contributed by atoms with Gasteiger partial charge in [0.05, 0.1) is 38.4 Å². The van der Waals surface area contributed by atoms with Gasteiger partial charge in [-0.05, 0) is 42.7 Å². The van der Waals surface area contributed by atoms with Crippen LogP contribution in [0.5, 0.6) is 11.5 Å². The molecule has 1 aliphatic heterocycles. The van der Waals surface area contributed by atoms with Gasteiger partial charge in [0.15, 0.2) is 11.5 Å². The maximum atomic E-state index is 14.3. The minimum atomic E-state index is -4.75. The second kappa shape index (κ2) is 11.7. The number of hydrogen-bond acceptors (Lipinski definition) is 8. The molecular formula is C28H26ClF3N4O4S. The molecule has 0 amide bonds. The number of fused-ring (bicyclic) bond motifs is 3. The number of alkyl halides is 3. The molecule has 0 saturated carbocycles. The SMILES string of the molecule is COC(=O)CCc1cnc(C[C@H]2C[C@H](c3cccc(OC)c3OC)c3cc(Cl)ccc3-n3c2nnc3C(F)(F)F)s1. The molecule has 5 rings (SSSR count). The lowest BCUT2D eigenvalue weighted by Gasteiger charge is -2.24. The van der Waals surface area contributed by atoms with Gasteiger partial charge in [-0.1, -0.05) is 23.7 Å². The Morgan fingerprint density at radius 3 is 2.63 bits per heavy atom. The summed E-state index contributed by atoms with van der Waals surface area (Å²) in [5, 5.41) is 8.76. The van der Waals surface area contributed by atoms with Crippen molar-refractivity contribution in [3.05, 3.63) is 80.3 Å². The van der Waals surface area contributed by atoms with Gasteiger partial charge in [-0.25, -0.2) is 4.98 Å². The first-order valence-corrected chi connectivity index (χ1v) is 13.9. The summed E-state index contributed by atoms with van der Waals surface area (Å²) in [4.78, 5) is 17.0. The molecule has 2 aromatic heterocycles. The number of hydrogen-bond donors (Lipinski definition) is 0. The van der Waals surface area contributed by atoms with Crippen LogP contribution in [0.4, 0.5) is 13.2 Å². The summed E-state index contributed by atoms with van der Waals surface area (Å²) in [5.74, 6) is -1.22. The number of carbonyl (C=O) groups is 1. The summed E-state index contributed by atoms with van der Waals surface area (Å²) in [5.41, 5.74) is 1.61. The van der Waals surface area contributed by atoms with E-state index in [9.17, 15) is 18.0 Å². The number of methoxy groups -OCH3 is 3. The van der Waals surface area contributed by atoms with E-state index in [0.29, 0.717) is 46.4 Å². The van der Waals surface area contributed by atoms with Crippen molar-refractivity contribution in [1.29, 1.82) is 0 Å². The molecule has 0 saturated heterocycles. The van der Waals surface area contributed by atoms with E-state index in [1.54, 1.807) is 30.5 Å². The standard InChI is InChI=1S/C28H26ClF3N4O4S/c1-38-22-6-4-5-18(25(22)40-3)19-11-15(12-23-33-14-17(41-23)8-10-24(37)39-2)26-34-35-27(28(30,31)32)36(26)21-9-7-16(29)13-20(19)21/h4-7,9,13-15,19H,8,10-12H2,1-3H3/t15-,19-/m1/s1. The van der Waals surface area contributed by atoms with Crippen molar-refractivity contribution >= 4 is 28.9 Å². The molecule has 4 aromatic rings. The van der Waals surface area contributed by atoms with Gasteiger partial charge in [-0.15, -0.1) is 21.5 Å². The van der Waals surface area contributed by atoms with Crippen molar-refractivity contribution in [2.45, 2.75) is 43.7 Å². The third kappa shape index (κ3) is 5.76. The van der Waals surface area contributed by atoms with Crippen LogP contribution in [0.15, 0.2) is 42.6 Å². The largest absolute Gasteiger partial charge is 0.493 e. The maximum Gasteiger partial charge on any atom is 0.452 e. The molecule has 0 radical (unpaired) electrons. The average molecular weight is 607 g/mol. The number of halogens is 4. The van der Waals surface area contributed by atoms with Crippen LogP contribution < -0.4 is 9.47 Å². The van der Waals surface area contributed by atoms with Crippen molar-refractivity contribution in [2.75, 3.05) is 21.3 Å². The average Bonchev–Trinajstić information content (AvgIpc) is 3.58. The first-order valence-electron chi connectivity index (χ1n) is 12.7. The molecule has 0 unspecified atom stereocenters. The smallest absolute Gasteiger partial charge is 0.452 e. The lowest BCUT2D eigenvalue weighted by molar-refractivity contribution is -0.146. The first-order chi connectivity index (χ1) is 19.6. The predicted molar refractivity (Wildman–Crippen MR) is 146 cm³/mol. The number of aromatic nitrogens is 4. The van der Waals surface area contributed by atoms with Crippen molar-refractivity contribution in [3.8, 4) is 17.2 Å². The first kappa shape index (κ1) is 28.9. The zero-order valence-corrected chi connectivity index (χ0v) is 23.9. The second-order valence-corrected chi connectivity index (χ2v) is 11.1. The number of carbonyl (C=O) groups excluding carboxylic acids is 1.